The second kappa shape index (κ2) is 5.01. The summed E-state index contributed by atoms with van der Waals surface area (Å²) in [4.78, 5) is 0. The van der Waals surface area contributed by atoms with Gasteiger partial charge in [-0.15, -0.1) is 0 Å². The Bertz CT molecular complexity index is 316. The minimum absolute atomic E-state index is 0.471. The summed E-state index contributed by atoms with van der Waals surface area (Å²) >= 11 is 3.42. The molecule has 2 N–H and O–H groups in total. The molecule has 1 heterocycles. The van der Waals surface area contributed by atoms with Crippen molar-refractivity contribution in [3.63, 3.8) is 0 Å². The number of nitrogen functional groups attached to an aromatic ring is 1. The fraction of sp³-hybridized carbons (Fsp3) is 0.727. The molecule has 0 saturated heterocycles. The molecule has 3 nitrogen and oxygen atoms in total. The number of nitrogens with zero attached hydrogens (tertiary/aromatic N) is 1. The van der Waals surface area contributed by atoms with Gasteiger partial charge in [0.2, 0.25) is 0 Å². The first-order valence-electron chi connectivity index (χ1n) is 5.67. The van der Waals surface area contributed by atoms with Crippen LogP contribution in [0.15, 0.2) is 9.00 Å². The lowest BCUT2D eigenvalue weighted by molar-refractivity contribution is 0.345. The summed E-state index contributed by atoms with van der Waals surface area (Å²) in [6, 6.07) is 0. The Labute approximate surface area is 98.5 Å². The normalized spacial score (nSPS) is 19.0. The first kappa shape index (κ1) is 11.0. The third-order valence-electron chi connectivity index (χ3n) is 3.17. The number of anilines is 1. The van der Waals surface area contributed by atoms with Crippen molar-refractivity contribution in [2.24, 2.45) is 5.92 Å². The maximum Gasteiger partial charge on any atom is 0.181 e. The van der Waals surface area contributed by atoms with E-state index in [1.165, 1.54) is 38.5 Å². The number of halogens is 1. The number of rotatable bonds is 2. The van der Waals surface area contributed by atoms with E-state index in [0.29, 0.717) is 5.82 Å². The summed E-state index contributed by atoms with van der Waals surface area (Å²) in [5, 5.41) is 3.76. The van der Waals surface area contributed by atoms with Crippen LogP contribution in [0.5, 0.6) is 0 Å². The average Bonchev–Trinajstić information content (AvgIpc) is 2.50. The summed E-state index contributed by atoms with van der Waals surface area (Å²) in [7, 11) is 0. The molecule has 84 valence electrons. The Morgan fingerprint density at radius 3 is 2.47 bits per heavy atom. The Morgan fingerprint density at radius 1 is 1.27 bits per heavy atom. The quantitative estimate of drug-likeness (QED) is 0.838. The third-order valence-corrected chi connectivity index (χ3v) is 4.02. The largest absolute Gasteiger partial charge is 0.380 e. The molecule has 4 heteroatoms. The van der Waals surface area contributed by atoms with Crippen molar-refractivity contribution in [3.8, 4) is 0 Å². The second-order valence-electron chi connectivity index (χ2n) is 4.37. The monoisotopic (exact) mass is 272 g/mol. The molecule has 2 rings (SSSR count). The smallest absolute Gasteiger partial charge is 0.181 e. The molecular formula is C11H17BrN2O. The first-order chi connectivity index (χ1) is 7.27. The van der Waals surface area contributed by atoms with Gasteiger partial charge in [-0.3, -0.25) is 0 Å². The van der Waals surface area contributed by atoms with Crippen LogP contribution in [0.2, 0.25) is 0 Å². The van der Waals surface area contributed by atoms with E-state index in [1.54, 1.807) is 0 Å². The standard InChI is InChI=1S/C11H17BrN2O/c12-10-9(15-14-11(10)13)7-8-5-3-1-2-4-6-8/h8H,1-7H2,(H2,13,14). The highest BCUT2D eigenvalue weighted by molar-refractivity contribution is 9.10. The minimum atomic E-state index is 0.471. The predicted molar refractivity (Wildman–Crippen MR) is 63.5 cm³/mol. The van der Waals surface area contributed by atoms with Crippen LogP contribution in [-0.2, 0) is 6.42 Å². The molecule has 1 aromatic heterocycles. The van der Waals surface area contributed by atoms with Crippen molar-refractivity contribution < 1.29 is 4.52 Å². The highest BCUT2D eigenvalue weighted by Gasteiger charge is 2.18. The van der Waals surface area contributed by atoms with E-state index in [0.717, 1.165) is 22.6 Å². The van der Waals surface area contributed by atoms with Gasteiger partial charge in [0.15, 0.2) is 11.6 Å². The third kappa shape index (κ3) is 2.74. The fourth-order valence-electron chi connectivity index (χ4n) is 2.28. The van der Waals surface area contributed by atoms with Crippen molar-refractivity contribution >= 4 is 21.7 Å². The van der Waals surface area contributed by atoms with E-state index < -0.39 is 0 Å². The van der Waals surface area contributed by atoms with Gasteiger partial charge in [-0.05, 0) is 21.8 Å². The Hall–Kier alpha value is -0.510. The molecule has 0 radical (unpaired) electrons. The summed E-state index contributed by atoms with van der Waals surface area (Å²) in [6.45, 7) is 0. The second-order valence-corrected chi connectivity index (χ2v) is 5.16. The highest BCUT2D eigenvalue weighted by atomic mass is 79.9. The van der Waals surface area contributed by atoms with Crippen LogP contribution in [0.4, 0.5) is 5.82 Å². The van der Waals surface area contributed by atoms with Gasteiger partial charge in [-0.1, -0.05) is 43.7 Å². The lowest BCUT2D eigenvalue weighted by atomic mass is 9.95. The number of hydrogen-bond donors (Lipinski definition) is 1. The van der Waals surface area contributed by atoms with Crippen molar-refractivity contribution in [1.29, 1.82) is 0 Å². The lowest BCUT2D eigenvalue weighted by Gasteiger charge is -2.11. The summed E-state index contributed by atoms with van der Waals surface area (Å²) in [5.74, 6) is 2.13. The van der Waals surface area contributed by atoms with Crippen LogP contribution in [0, 0.1) is 5.92 Å². The van der Waals surface area contributed by atoms with E-state index in [-0.39, 0.29) is 0 Å². The molecule has 0 aromatic carbocycles. The molecule has 1 saturated carbocycles. The van der Waals surface area contributed by atoms with Crippen molar-refractivity contribution in [1.82, 2.24) is 5.16 Å². The number of nitrogens with two attached hydrogens (primary N) is 1. The summed E-state index contributed by atoms with van der Waals surface area (Å²) < 4.78 is 6.07. The molecule has 0 amide bonds. The van der Waals surface area contributed by atoms with Crippen LogP contribution in [0.1, 0.15) is 44.3 Å². The topological polar surface area (TPSA) is 52.0 Å². The maximum absolute atomic E-state index is 5.62. The molecule has 1 aromatic rings. The van der Waals surface area contributed by atoms with Crippen LogP contribution in [0.25, 0.3) is 0 Å². The Morgan fingerprint density at radius 2 is 1.93 bits per heavy atom. The van der Waals surface area contributed by atoms with E-state index in [1.807, 2.05) is 0 Å². The van der Waals surface area contributed by atoms with E-state index in [9.17, 15) is 0 Å². The van der Waals surface area contributed by atoms with Crippen molar-refractivity contribution in [2.75, 3.05) is 5.73 Å². The number of hydrogen-bond acceptors (Lipinski definition) is 3. The lowest BCUT2D eigenvalue weighted by Crippen LogP contribution is -2.02. The molecule has 1 fully saturated rings. The van der Waals surface area contributed by atoms with Gasteiger partial charge < -0.3 is 10.3 Å². The van der Waals surface area contributed by atoms with Crippen LogP contribution in [-0.4, -0.2) is 5.16 Å². The Balaban J connectivity index is 1.98. The molecule has 0 spiro atoms. The van der Waals surface area contributed by atoms with E-state index in [4.69, 9.17) is 10.3 Å². The minimum Gasteiger partial charge on any atom is -0.380 e. The van der Waals surface area contributed by atoms with Gasteiger partial charge in [0.05, 0.1) is 0 Å². The Kier molecular flexibility index (Phi) is 3.67. The molecule has 1 aliphatic carbocycles. The van der Waals surface area contributed by atoms with Crippen LogP contribution < -0.4 is 5.73 Å². The van der Waals surface area contributed by atoms with Crippen molar-refractivity contribution in [2.45, 2.75) is 44.9 Å². The van der Waals surface area contributed by atoms with Gasteiger partial charge in [0.25, 0.3) is 0 Å². The molecule has 0 bridgehead atoms. The van der Waals surface area contributed by atoms with Gasteiger partial charge in [-0.25, -0.2) is 0 Å². The molecule has 1 aliphatic rings. The highest BCUT2D eigenvalue weighted by Crippen LogP contribution is 2.30. The molecule has 15 heavy (non-hydrogen) atoms. The van der Waals surface area contributed by atoms with Crippen LogP contribution >= 0.6 is 15.9 Å². The predicted octanol–water partition coefficient (Wildman–Crippen LogP) is 3.53. The molecule has 0 unspecified atom stereocenters. The number of aromatic nitrogens is 1. The molecule has 0 atom stereocenters. The van der Waals surface area contributed by atoms with Gasteiger partial charge in [0, 0.05) is 6.42 Å². The molecule has 0 aliphatic heterocycles. The SMILES string of the molecule is Nc1noc(CC2CCCCCC2)c1Br. The summed E-state index contributed by atoms with van der Waals surface area (Å²) in [6.07, 6.45) is 9.08. The zero-order chi connectivity index (χ0) is 10.7. The van der Waals surface area contributed by atoms with Crippen molar-refractivity contribution in [3.05, 3.63) is 10.2 Å². The maximum atomic E-state index is 5.62. The summed E-state index contributed by atoms with van der Waals surface area (Å²) in [5.41, 5.74) is 5.62. The first-order valence-corrected chi connectivity index (χ1v) is 6.46. The zero-order valence-corrected chi connectivity index (χ0v) is 10.4. The zero-order valence-electron chi connectivity index (χ0n) is 8.84. The van der Waals surface area contributed by atoms with Gasteiger partial charge >= 0.3 is 0 Å². The van der Waals surface area contributed by atoms with Gasteiger partial charge in [0.1, 0.15) is 4.47 Å². The van der Waals surface area contributed by atoms with E-state index in [2.05, 4.69) is 21.1 Å². The van der Waals surface area contributed by atoms with Gasteiger partial charge in [-0.2, -0.15) is 0 Å². The van der Waals surface area contributed by atoms with E-state index >= 15 is 0 Å². The average molecular weight is 273 g/mol. The fourth-order valence-corrected chi connectivity index (χ4v) is 2.59. The van der Waals surface area contributed by atoms with Crippen LogP contribution in [0.3, 0.4) is 0 Å². The molecular weight excluding hydrogens is 256 g/mol.